The van der Waals surface area contributed by atoms with Crippen molar-refractivity contribution >= 4 is 20.1 Å². The van der Waals surface area contributed by atoms with Crippen LogP contribution in [-0.4, -0.2) is 30.1 Å². The van der Waals surface area contributed by atoms with Gasteiger partial charge in [0, 0.05) is 21.3 Å². The molecule has 13 heavy (non-hydrogen) atoms. The van der Waals surface area contributed by atoms with Crippen LogP contribution in [0, 0.1) is 0 Å². The van der Waals surface area contributed by atoms with E-state index >= 15 is 0 Å². The molecule has 74 valence electrons. The van der Waals surface area contributed by atoms with Crippen molar-refractivity contribution in [1.29, 1.82) is 0 Å². The highest BCUT2D eigenvalue weighted by atomic mass is 32.1. The van der Waals surface area contributed by atoms with E-state index in [1.165, 1.54) is 0 Å². The Kier molecular flexibility index (Phi) is 4.01. The van der Waals surface area contributed by atoms with Gasteiger partial charge in [0.2, 0.25) is 11.7 Å². The molecule has 0 aliphatic carbocycles. The molecule has 1 heterocycles. The van der Waals surface area contributed by atoms with Crippen molar-refractivity contribution in [2.75, 3.05) is 21.3 Å². The Morgan fingerprint density at radius 3 is 2.23 bits per heavy atom. The lowest BCUT2D eigenvalue weighted by Crippen LogP contribution is -2.55. The predicted octanol–water partition coefficient (Wildman–Crippen LogP) is 0.453. The van der Waals surface area contributed by atoms with E-state index in [9.17, 15) is 0 Å². The lowest BCUT2D eigenvalue weighted by molar-refractivity contribution is -0.680. The molecule has 1 rings (SSSR count). The Bertz CT molecular complexity index is 230. The van der Waals surface area contributed by atoms with Crippen LogP contribution in [0.25, 0.3) is 0 Å². The van der Waals surface area contributed by atoms with Gasteiger partial charge in [-0.1, -0.05) is 11.3 Å². The standard InChI is InChI=1S/C7H14NO3SSi/c1-9-13(10-2,11-3)7-8-4-5-12-6-8/h4-6H,7H2,1-3H3/q+1. The number of hydrogen-bond donors (Lipinski definition) is 0. The summed E-state index contributed by atoms with van der Waals surface area (Å²) in [5.74, 6) is 0. The zero-order valence-corrected chi connectivity index (χ0v) is 9.84. The molecule has 0 aliphatic rings. The van der Waals surface area contributed by atoms with Crippen molar-refractivity contribution in [2.24, 2.45) is 0 Å². The second kappa shape index (κ2) is 4.82. The van der Waals surface area contributed by atoms with Gasteiger partial charge in [0.1, 0.15) is 0 Å². The maximum atomic E-state index is 5.29. The topological polar surface area (TPSA) is 31.6 Å². The van der Waals surface area contributed by atoms with Crippen molar-refractivity contribution in [3.63, 3.8) is 0 Å². The molecule has 6 heteroatoms. The highest BCUT2D eigenvalue weighted by Gasteiger charge is 2.43. The first-order valence-corrected chi connectivity index (χ1v) is 6.70. The number of nitrogens with zero attached hydrogens (tertiary/aromatic N) is 1. The van der Waals surface area contributed by atoms with E-state index in [1.54, 1.807) is 32.7 Å². The van der Waals surface area contributed by atoms with E-state index in [4.69, 9.17) is 13.3 Å². The normalized spacial score (nSPS) is 11.9. The lowest BCUT2D eigenvalue weighted by atomic mass is 10.9. The van der Waals surface area contributed by atoms with E-state index < -0.39 is 8.80 Å². The van der Waals surface area contributed by atoms with Crippen LogP contribution < -0.4 is 4.57 Å². The van der Waals surface area contributed by atoms with Crippen molar-refractivity contribution in [3.05, 3.63) is 17.1 Å². The Labute approximate surface area is 83.1 Å². The predicted molar refractivity (Wildman–Crippen MR) is 51.3 cm³/mol. The maximum Gasteiger partial charge on any atom is 0.569 e. The second-order valence-electron chi connectivity index (χ2n) is 2.49. The summed E-state index contributed by atoms with van der Waals surface area (Å²) in [6, 6.07) is 0. The molecular formula is C7H14NO3SSi+. The highest BCUT2D eigenvalue weighted by Crippen LogP contribution is 2.05. The number of rotatable bonds is 5. The molecule has 0 spiro atoms. The van der Waals surface area contributed by atoms with Crippen LogP contribution in [0.3, 0.4) is 0 Å². The Morgan fingerprint density at radius 2 is 1.85 bits per heavy atom. The number of aromatic nitrogens is 1. The van der Waals surface area contributed by atoms with Crippen molar-refractivity contribution in [3.8, 4) is 0 Å². The molecule has 1 aromatic heterocycles. The molecule has 0 aliphatic heterocycles. The molecule has 0 saturated heterocycles. The minimum atomic E-state index is -2.45. The van der Waals surface area contributed by atoms with E-state index in [2.05, 4.69) is 0 Å². The summed E-state index contributed by atoms with van der Waals surface area (Å²) >= 11 is 1.63. The summed E-state index contributed by atoms with van der Waals surface area (Å²) in [5.41, 5.74) is 2.00. The van der Waals surface area contributed by atoms with Crippen LogP contribution in [0.4, 0.5) is 0 Å². The van der Waals surface area contributed by atoms with E-state index in [0.29, 0.717) is 6.17 Å². The zero-order valence-electron chi connectivity index (χ0n) is 8.02. The van der Waals surface area contributed by atoms with E-state index in [-0.39, 0.29) is 0 Å². The highest BCUT2D eigenvalue weighted by molar-refractivity contribution is 7.07. The molecule has 0 radical (unpaired) electrons. The third kappa shape index (κ3) is 2.58. The molecule has 0 unspecified atom stereocenters. The summed E-state index contributed by atoms with van der Waals surface area (Å²) in [5, 5.41) is 2.00. The summed E-state index contributed by atoms with van der Waals surface area (Å²) in [7, 11) is 2.40. The molecule has 0 N–H and O–H groups in total. The quantitative estimate of drug-likeness (QED) is 0.533. The van der Waals surface area contributed by atoms with Gasteiger partial charge in [-0.3, -0.25) is 0 Å². The van der Waals surface area contributed by atoms with Gasteiger partial charge in [-0.15, -0.1) is 0 Å². The fraction of sp³-hybridized carbons (Fsp3) is 0.571. The van der Waals surface area contributed by atoms with Crippen molar-refractivity contribution in [1.82, 2.24) is 0 Å². The Balaban J connectivity index is 2.67. The third-order valence-corrected chi connectivity index (χ3v) is 5.13. The van der Waals surface area contributed by atoms with Gasteiger partial charge in [-0.25, -0.2) is 0 Å². The average Bonchev–Trinajstić information content (AvgIpc) is 2.67. The molecule has 0 amide bonds. The van der Waals surface area contributed by atoms with Crippen LogP contribution in [0.2, 0.25) is 0 Å². The second-order valence-corrected chi connectivity index (χ2v) is 6.16. The lowest BCUT2D eigenvalue weighted by Gasteiger charge is -2.20. The van der Waals surface area contributed by atoms with Gasteiger partial charge in [-0.2, -0.15) is 4.57 Å². The first-order valence-electron chi connectivity index (χ1n) is 3.83. The first kappa shape index (κ1) is 10.8. The van der Waals surface area contributed by atoms with Crippen LogP contribution >= 0.6 is 11.3 Å². The van der Waals surface area contributed by atoms with E-state index in [1.807, 2.05) is 21.7 Å². The van der Waals surface area contributed by atoms with Crippen molar-refractivity contribution < 1.29 is 17.8 Å². The van der Waals surface area contributed by atoms with Gasteiger partial charge in [0.15, 0.2) is 6.20 Å². The van der Waals surface area contributed by atoms with Crippen LogP contribution in [-0.2, 0) is 19.4 Å². The zero-order chi connectivity index (χ0) is 9.73. The van der Waals surface area contributed by atoms with Gasteiger partial charge in [0.05, 0.1) is 5.38 Å². The monoisotopic (exact) mass is 220 g/mol. The maximum absolute atomic E-state index is 5.29. The van der Waals surface area contributed by atoms with Gasteiger partial charge < -0.3 is 13.3 Å². The molecule has 0 aromatic carbocycles. The Hall–Kier alpha value is -0.273. The minimum absolute atomic E-state index is 0.653. The molecule has 4 nitrogen and oxygen atoms in total. The van der Waals surface area contributed by atoms with E-state index in [0.717, 1.165) is 0 Å². The molecular weight excluding hydrogens is 206 g/mol. The van der Waals surface area contributed by atoms with Crippen LogP contribution in [0.5, 0.6) is 0 Å². The fourth-order valence-electron chi connectivity index (χ4n) is 1.02. The molecule has 0 bridgehead atoms. The van der Waals surface area contributed by atoms with Crippen LogP contribution in [0.15, 0.2) is 17.1 Å². The largest absolute Gasteiger partial charge is 0.569 e. The SMILES string of the molecule is CO[Si](C[n+]1ccsc1)(OC)OC. The van der Waals surface area contributed by atoms with Gasteiger partial charge in [-0.05, 0) is 0 Å². The van der Waals surface area contributed by atoms with Crippen molar-refractivity contribution in [2.45, 2.75) is 6.17 Å². The van der Waals surface area contributed by atoms with Gasteiger partial charge in [0.25, 0.3) is 0 Å². The number of hydrogen-bond acceptors (Lipinski definition) is 4. The summed E-state index contributed by atoms with van der Waals surface area (Å²) < 4.78 is 17.9. The Morgan fingerprint density at radius 1 is 1.23 bits per heavy atom. The van der Waals surface area contributed by atoms with Crippen LogP contribution in [0.1, 0.15) is 0 Å². The first-order chi connectivity index (χ1) is 6.26. The smallest absolute Gasteiger partial charge is 0.373 e. The third-order valence-electron chi connectivity index (χ3n) is 1.84. The summed E-state index contributed by atoms with van der Waals surface area (Å²) in [6.45, 7) is 0. The van der Waals surface area contributed by atoms with Gasteiger partial charge >= 0.3 is 8.80 Å². The molecule has 0 fully saturated rings. The molecule has 0 saturated carbocycles. The fourth-order valence-corrected chi connectivity index (χ4v) is 3.28. The minimum Gasteiger partial charge on any atom is -0.373 e. The average molecular weight is 220 g/mol. The summed E-state index contributed by atoms with van der Waals surface area (Å²) in [6.07, 6.45) is 2.63. The molecule has 0 atom stereocenters. The molecule has 1 aromatic rings. The number of thiazole rings is 1. The summed E-state index contributed by atoms with van der Waals surface area (Å²) in [4.78, 5) is 0.